The first kappa shape index (κ1) is 12.8. The van der Waals surface area contributed by atoms with Gasteiger partial charge in [-0.25, -0.2) is 4.79 Å². The maximum absolute atomic E-state index is 10.5. The number of carboxylic acids is 1. The fourth-order valence-electron chi connectivity index (χ4n) is 0.916. The molecule has 0 spiro atoms. The summed E-state index contributed by atoms with van der Waals surface area (Å²) < 4.78 is 0.248. The van der Waals surface area contributed by atoms with Gasteiger partial charge in [0.25, 0.3) is 5.60 Å². The summed E-state index contributed by atoms with van der Waals surface area (Å²) in [6.45, 7) is -0.0314. The summed E-state index contributed by atoms with van der Waals surface area (Å²) in [5, 5.41) is 35.7. The van der Waals surface area contributed by atoms with Gasteiger partial charge in [-0.3, -0.25) is 0 Å². The molecule has 0 saturated carbocycles. The summed E-state index contributed by atoms with van der Waals surface area (Å²) in [5.74, 6) is -1.74. The van der Waals surface area contributed by atoms with Gasteiger partial charge in [-0.15, -0.1) is 0 Å². The summed E-state index contributed by atoms with van der Waals surface area (Å²) in [4.78, 5) is 10.5. The van der Waals surface area contributed by atoms with Crippen molar-refractivity contribution in [1.82, 2.24) is 0 Å². The van der Waals surface area contributed by atoms with Gasteiger partial charge in [0.2, 0.25) is 0 Å². The van der Waals surface area contributed by atoms with Crippen LogP contribution >= 0.6 is 0 Å². The van der Waals surface area contributed by atoms with Gasteiger partial charge in [0.15, 0.2) is 6.10 Å². The van der Waals surface area contributed by atoms with E-state index in [-0.39, 0.29) is 11.0 Å². The lowest BCUT2D eigenvalue weighted by Gasteiger charge is -2.30. The van der Waals surface area contributed by atoms with Crippen LogP contribution in [0.1, 0.15) is 0 Å². The van der Waals surface area contributed by atoms with Crippen molar-refractivity contribution in [2.75, 3.05) is 27.7 Å². The molecule has 0 radical (unpaired) electrons. The molecular weight excluding hydrogens is 188 g/mol. The molecule has 0 aliphatic carbocycles. The second-order valence-electron chi connectivity index (χ2n) is 4.17. The van der Waals surface area contributed by atoms with E-state index in [4.69, 9.17) is 10.4 Å². The zero-order valence-corrected chi connectivity index (χ0v) is 8.43. The number of nitriles is 1. The highest BCUT2D eigenvalue weighted by Gasteiger charge is 2.46. The lowest BCUT2D eigenvalue weighted by molar-refractivity contribution is -0.874. The zero-order valence-electron chi connectivity index (χ0n) is 8.43. The molecule has 14 heavy (non-hydrogen) atoms. The van der Waals surface area contributed by atoms with Gasteiger partial charge in [-0.2, -0.15) is 5.26 Å². The Balaban J connectivity index is 4.75. The highest BCUT2D eigenvalue weighted by molar-refractivity contribution is 5.81. The van der Waals surface area contributed by atoms with Crippen molar-refractivity contribution in [2.45, 2.75) is 11.7 Å². The van der Waals surface area contributed by atoms with Gasteiger partial charge < -0.3 is 19.8 Å². The fraction of sp³-hybridized carbons (Fsp3) is 0.750. The first-order valence-corrected chi connectivity index (χ1v) is 3.99. The van der Waals surface area contributed by atoms with Crippen molar-refractivity contribution in [3.05, 3.63) is 0 Å². The number of carbonyl (C=O) groups is 1. The van der Waals surface area contributed by atoms with E-state index in [0.717, 1.165) is 0 Å². The Kier molecular flexibility index (Phi) is 3.59. The van der Waals surface area contributed by atoms with Gasteiger partial charge in [-0.1, -0.05) is 0 Å². The van der Waals surface area contributed by atoms with Crippen LogP contribution in [0.3, 0.4) is 0 Å². The Morgan fingerprint density at radius 3 is 2.21 bits per heavy atom. The van der Waals surface area contributed by atoms with Crippen molar-refractivity contribution in [2.24, 2.45) is 0 Å². The molecule has 0 aliphatic rings. The highest BCUT2D eigenvalue weighted by atomic mass is 16.4. The van der Waals surface area contributed by atoms with Crippen molar-refractivity contribution in [3.63, 3.8) is 0 Å². The van der Waals surface area contributed by atoms with Crippen LogP contribution in [0.15, 0.2) is 0 Å². The molecule has 2 unspecified atom stereocenters. The molecule has 80 valence electrons. The summed E-state index contributed by atoms with van der Waals surface area (Å²) in [6.07, 6.45) is -1.62. The molecule has 0 amide bonds. The molecule has 0 saturated heterocycles. The minimum absolute atomic E-state index is 0.0314. The summed E-state index contributed by atoms with van der Waals surface area (Å²) in [6, 6.07) is 1.20. The Morgan fingerprint density at radius 2 is 2.00 bits per heavy atom. The third kappa shape index (κ3) is 2.96. The molecule has 0 aliphatic heterocycles. The topological polar surface area (TPSA) is 102 Å². The standard InChI is InChI=1S/C8H14N2O4/c1-10(2,3)4-6(11)8(14,5-9)7(12)13/h6,11,14H,4H2,1-3H3/p+1. The van der Waals surface area contributed by atoms with Crippen LogP contribution in [-0.4, -0.2) is 65.2 Å². The lowest BCUT2D eigenvalue weighted by Crippen LogP contribution is -2.55. The van der Waals surface area contributed by atoms with E-state index in [1.165, 1.54) is 6.07 Å². The molecule has 0 aromatic rings. The number of quaternary nitrogens is 1. The Labute approximate surface area is 82.2 Å². The van der Waals surface area contributed by atoms with Gasteiger partial charge in [0.1, 0.15) is 12.6 Å². The number of hydrogen-bond acceptors (Lipinski definition) is 4. The number of carboxylic acid groups (broad SMARTS) is 1. The molecular formula is C8H15N2O4+. The molecule has 0 rings (SSSR count). The van der Waals surface area contributed by atoms with Crippen molar-refractivity contribution in [3.8, 4) is 6.07 Å². The molecule has 3 N–H and O–H groups in total. The number of likely N-dealkylation sites (N-methyl/N-ethyl adjacent to an activating group) is 1. The predicted molar refractivity (Wildman–Crippen MR) is 47.1 cm³/mol. The number of aliphatic hydroxyl groups is 2. The van der Waals surface area contributed by atoms with E-state index in [1.54, 1.807) is 21.1 Å². The van der Waals surface area contributed by atoms with Crippen LogP contribution in [0, 0.1) is 11.3 Å². The predicted octanol–water partition coefficient (Wildman–Crippen LogP) is -1.61. The average molecular weight is 203 g/mol. The number of nitrogens with zero attached hydrogens (tertiary/aromatic N) is 2. The second kappa shape index (κ2) is 3.92. The summed E-state index contributed by atoms with van der Waals surface area (Å²) in [7, 11) is 5.13. The smallest absolute Gasteiger partial charge is 0.353 e. The molecule has 6 nitrogen and oxygen atoms in total. The second-order valence-corrected chi connectivity index (χ2v) is 4.17. The first-order valence-electron chi connectivity index (χ1n) is 3.99. The zero-order chi connectivity index (χ0) is 11.6. The largest absolute Gasteiger partial charge is 0.478 e. The van der Waals surface area contributed by atoms with E-state index < -0.39 is 17.7 Å². The molecule has 2 atom stereocenters. The van der Waals surface area contributed by atoms with Crippen LogP contribution < -0.4 is 0 Å². The lowest BCUT2D eigenvalue weighted by atomic mass is 9.98. The molecule has 0 fully saturated rings. The van der Waals surface area contributed by atoms with Crippen molar-refractivity contribution in [1.29, 1.82) is 5.26 Å². The van der Waals surface area contributed by atoms with E-state index in [0.29, 0.717) is 0 Å². The SMILES string of the molecule is C[N+](C)(C)CC(O)C(O)(C#N)C(=O)O. The monoisotopic (exact) mass is 203 g/mol. The molecule has 0 aromatic carbocycles. The highest BCUT2D eigenvalue weighted by Crippen LogP contribution is 2.12. The van der Waals surface area contributed by atoms with Crippen molar-refractivity contribution >= 4 is 5.97 Å². The number of hydrogen-bond donors (Lipinski definition) is 3. The quantitative estimate of drug-likeness (QED) is 0.377. The van der Waals surface area contributed by atoms with Crippen molar-refractivity contribution < 1.29 is 24.6 Å². The molecule has 6 heteroatoms. The average Bonchev–Trinajstić information content (AvgIpc) is 1.99. The van der Waals surface area contributed by atoms with Gasteiger partial charge >= 0.3 is 5.97 Å². The van der Waals surface area contributed by atoms with E-state index >= 15 is 0 Å². The molecule has 0 aromatic heterocycles. The Hall–Kier alpha value is -1.16. The van der Waals surface area contributed by atoms with Crippen LogP contribution in [0.5, 0.6) is 0 Å². The fourth-order valence-corrected chi connectivity index (χ4v) is 0.916. The maximum Gasteiger partial charge on any atom is 0.353 e. The van der Waals surface area contributed by atoms with Gasteiger partial charge in [0.05, 0.1) is 21.1 Å². The summed E-state index contributed by atoms with van der Waals surface area (Å²) >= 11 is 0. The van der Waals surface area contributed by atoms with Crippen LogP contribution in [0.4, 0.5) is 0 Å². The number of aliphatic hydroxyl groups excluding tert-OH is 1. The minimum Gasteiger partial charge on any atom is -0.478 e. The normalized spacial score (nSPS) is 18.0. The number of rotatable bonds is 4. The Bertz CT molecular complexity index is 265. The van der Waals surface area contributed by atoms with Gasteiger partial charge in [0, 0.05) is 0 Å². The molecule has 0 heterocycles. The van der Waals surface area contributed by atoms with E-state index in [1.807, 2.05) is 0 Å². The Morgan fingerprint density at radius 1 is 1.57 bits per heavy atom. The third-order valence-electron chi connectivity index (χ3n) is 1.70. The van der Waals surface area contributed by atoms with Crippen LogP contribution in [-0.2, 0) is 4.79 Å². The third-order valence-corrected chi connectivity index (χ3v) is 1.70. The van der Waals surface area contributed by atoms with E-state index in [9.17, 15) is 15.0 Å². The summed E-state index contributed by atoms with van der Waals surface area (Å²) in [5.41, 5.74) is -2.73. The molecule has 0 bridgehead atoms. The van der Waals surface area contributed by atoms with E-state index in [2.05, 4.69) is 0 Å². The van der Waals surface area contributed by atoms with Crippen LogP contribution in [0.2, 0.25) is 0 Å². The van der Waals surface area contributed by atoms with Gasteiger partial charge in [-0.05, 0) is 0 Å². The number of aliphatic carboxylic acids is 1. The van der Waals surface area contributed by atoms with Crippen LogP contribution in [0.25, 0.3) is 0 Å². The minimum atomic E-state index is -2.73. The maximum atomic E-state index is 10.5. The first-order chi connectivity index (χ1) is 6.13.